The molecule has 0 saturated heterocycles. The van der Waals surface area contributed by atoms with E-state index in [4.69, 9.17) is 16.6 Å². The lowest BCUT2D eigenvalue weighted by Crippen LogP contribution is -2.57. The second-order valence-electron chi connectivity index (χ2n) is 7.41. The molecule has 0 aliphatic heterocycles. The normalized spacial score (nSPS) is 13.3. The Morgan fingerprint density at radius 3 is 2.03 bits per heavy atom. The van der Waals surface area contributed by atoms with Crippen molar-refractivity contribution in [3.8, 4) is 0 Å². The molecule has 10 N–H and O–H groups in total. The quantitative estimate of drug-likeness (QED) is 0.135. The minimum absolute atomic E-state index is 0.00631. The summed E-state index contributed by atoms with van der Waals surface area (Å²) in [7, 11) is 0. The van der Waals surface area contributed by atoms with Crippen molar-refractivity contribution in [2.75, 3.05) is 6.54 Å². The van der Waals surface area contributed by atoms with E-state index >= 15 is 0 Å². The van der Waals surface area contributed by atoms with E-state index in [2.05, 4.69) is 35.9 Å². The fraction of sp³-hybridized carbons (Fsp3) is 0.421. The van der Waals surface area contributed by atoms with Crippen molar-refractivity contribution in [3.05, 3.63) is 36.4 Å². The topological polar surface area (TPSA) is 251 Å². The number of carbonyl (C=O) groups is 5. The predicted octanol–water partition coefficient (Wildman–Crippen LogP) is -3.32. The molecule has 15 heteroatoms. The summed E-state index contributed by atoms with van der Waals surface area (Å²) in [4.78, 5) is 73.3. The number of aromatic nitrogens is 4. The Labute approximate surface area is 193 Å². The highest BCUT2D eigenvalue weighted by Gasteiger charge is 2.29. The summed E-state index contributed by atoms with van der Waals surface area (Å²) < 4.78 is 0. The number of carboxylic acid groups (broad SMARTS) is 1. The molecule has 3 atom stereocenters. The van der Waals surface area contributed by atoms with Crippen molar-refractivity contribution >= 4 is 29.6 Å². The Kier molecular flexibility index (Phi) is 9.70. The number of aromatic amines is 2. The van der Waals surface area contributed by atoms with E-state index in [0.29, 0.717) is 11.4 Å². The van der Waals surface area contributed by atoms with Crippen molar-refractivity contribution in [3.63, 3.8) is 0 Å². The molecule has 0 aliphatic rings. The molecule has 2 heterocycles. The Morgan fingerprint density at radius 1 is 0.912 bits per heavy atom. The average Bonchev–Trinajstić information content (AvgIpc) is 3.48. The third-order valence-corrected chi connectivity index (χ3v) is 4.67. The minimum Gasteiger partial charge on any atom is -0.480 e. The number of hydrogen-bond acceptors (Lipinski definition) is 8. The number of amides is 4. The molecule has 184 valence electrons. The SMILES string of the molecule is NC(=O)CCC(NC(=O)C(Cc1cnc[nH]1)NC(=O)C(N)Cc1cnc[nH]1)C(=O)NCC(=O)O. The van der Waals surface area contributed by atoms with Gasteiger partial charge in [-0.15, -0.1) is 0 Å². The van der Waals surface area contributed by atoms with Crippen LogP contribution in [0.1, 0.15) is 24.2 Å². The zero-order valence-electron chi connectivity index (χ0n) is 18.1. The molecule has 0 aliphatic carbocycles. The smallest absolute Gasteiger partial charge is 0.322 e. The van der Waals surface area contributed by atoms with Crippen LogP contribution in [0.15, 0.2) is 25.0 Å². The van der Waals surface area contributed by atoms with Crippen molar-refractivity contribution < 1.29 is 29.1 Å². The van der Waals surface area contributed by atoms with Gasteiger partial charge in [-0.05, 0) is 6.42 Å². The van der Waals surface area contributed by atoms with Gasteiger partial charge in [0.05, 0.1) is 18.7 Å². The number of nitrogens with one attached hydrogen (secondary N) is 5. The number of nitrogens with two attached hydrogens (primary N) is 2. The van der Waals surface area contributed by atoms with Crippen LogP contribution in [0, 0.1) is 0 Å². The molecular weight excluding hydrogens is 450 g/mol. The van der Waals surface area contributed by atoms with Crippen molar-refractivity contribution in [2.45, 2.75) is 43.8 Å². The van der Waals surface area contributed by atoms with Crippen LogP contribution < -0.4 is 27.4 Å². The standard InChI is InChI=1S/C19H27N9O6/c20-12(3-10-5-22-8-25-10)17(32)28-14(4-11-6-23-9-26-11)19(34)27-13(1-2-15(21)29)18(33)24-7-16(30)31/h5-6,8-9,12-14H,1-4,7,20H2,(H2,21,29)(H,22,25)(H,23,26)(H,24,33)(H,27,34)(H,28,32)(H,30,31). The van der Waals surface area contributed by atoms with E-state index in [-0.39, 0.29) is 25.7 Å². The molecular formula is C19H27N9O6. The van der Waals surface area contributed by atoms with Gasteiger partial charge in [-0.25, -0.2) is 9.97 Å². The summed E-state index contributed by atoms with van der Waals surface area (Å²) >= 11 is 0. The van der Waals surface area contributed by atoms with Crippen LogP contribution in [0.5, 0.6) is 0 Å². The number of rotatable bonds is 14. The van der Waals surface area contributed by atoms with Gasteiger partial charge in [0.1, 0.15) is 18.6 Å². The minimum atomic E-state index is -1.29. The molecule has 0 radical (unpaired) electrons. The summed E-state index contributed by atoms with van der Waals surface area (Å²) in [6.07, 6.45) is 5.54. The second kappa shape index (κ2) is 12.7. The van der Waals surface area contributed by atoms with E-state index in [1.165, 1.54) is 25.0 Å². The lowest BCUT2D eigenvalue weighted by atomic mass is 10.1. The Morgan fingerprint density at radius 2 is 1.50 bits per heavy atom. The number of H-pyrrole nitrogens is 2. The maximum absolute atomic E-state index is 13.0. The van der Waals surface area contributed by atoms with Gasteiger partial charge < -0.3 is 42.5 Å². The van der Waals surface area contributed by atoms with Gasteiger partial charge in [0.15, 0.2) is 0 Å². The number of carbonyl (C=O) groups excluding carboxylic acids is 4. The van der Waals surface area contributed by atoms with Gasteiger partial charge in [-0.1, -0.05) is 0 Å². The number of imidazole rings is 2. The highest BCUT2D eigenvalue weighted by Crippen LogP contribution is 2.04. The largest absolute Gasteiger partial charge is 0.480 e. The maximum atomic E-state index is 13.0. The summed E-state index contributed by atoms with van der Waals surface area (Å²) in [6.45, 7) is -0.682. The Hall–Kier alpha value is -4.27. The van der Waals surface area contributed by atoms with Crippen molar-refractivity contribution in [2.24, 2.45) is 11.5 Å². The fourth-order valence-electron chi connectivity index (χ4n) is 2.94. The first kappa shape index (κ1) is 26.0. The van der Waals surface area contributed by atoms with Crippen molar-refractivity contribution in [1.29, 1.82) is 0 Å². The number of hydrogen-bond donors (Lipinski definition) is 8. The third-order valence-electron chi connectivity index (χ3n) is 4.67. The van der Waals surface area contributed by atoms with Crippen LogP contribution in [0.4, 0.5) is 0 Å². The van der Waals surface area contributed by atoms with Crippen LogP contribution in [0.25, 0.3) is 0 Å². The molecule has 2 aromatic heterocycles. The summed E-state index contributed by atoms with van der Waals surface area (Å²) in [5.74, 6) is -4.20. The zero-order valence-corrected chi connectivity index (χ0v) is 18.1. The van der Waals surface area contributed by atoms with Gasteiger partial charge in [-0.3, -0.25) is 24.0 Å². The highest BCUT2D eigenvalue weighted by atomic mass is 16.4. The lowest BCUT2D eigenvalue weighted by Gasteiger charge is -2.23. The van der Waals surface area contributed by atoms with Crippen LogP contribution in [0.3, 0.4) is 0 Å². The monoisotopic (exact) mass is 477 g/mol. The van der Waals surface area contributed by atoms with Gasteiger partial charge >= 0.3 is 5.97 Å². The van der Waals surface area contributed by atoms with E-state index < -0.39 is 54.3 Å². The molecule has 3 unspecified atom stereocenters. The Bertz CT molecular complexity index is 977. The van der Waals surface area contributed by atoms with Gasteiger partial charge in [-0.2, -0.15) is 0 Å². The number of aliphatic carboxylic acids is 1. The highest BCUT2D eigenvalue weighted by molar-refractivity contribution is 5.94. The van der Waals surface area contributed by atoms with Gasteiger partial charge in [0, 0.05) is 43.0 Å². The van der Waals surface area contributed by atoms with Gasteiger partial charge in [0.25, 0.3) is 0 Å². The summed E-state index contributed by atoms with van der Waals surface area (Å²) in [5.41, 5.74) is 12.2. The number of carboxylic acids is 1. The summed E-state index contributed by atoms with van der Waals surface area (Å²) in [5, 5.41) is 15.9. The van der Waals surface area contributed by atoms with Crippen molar-refractivity contribution in [1.82, 2.24) is 35.9 Å². The molecule has 0 fully saturated rings. The number of primary amides is 1. The lowest BCUT2D eigenvalue weighted by molar-refractivity contribution is -0.138. The van der Waals surface area contributed by atoms with Gasteiger partial charge in [0.2, 0.25) is 23.6 Å². The first-order valence-corrected chi connectivity index (χ1v) is 10.2. The van der Waals surface area contributed by atoms with E-state index in [1.807, 2.05) is 0 Å². The van der Waals surface area contributed by atoms with E-state index in [9.17, 15) is 24.0 Å². The molecule has 0 aromatic carbocycles. The number of nitrogens with zero attached hydrogens (tertiary/aromatic N) is 2. The molecule has 0 bridgehead atoms. The molecule has 0 spiro atoms. The summed E-state index contributed by atoms with van der Waals surface area (Å²) in [6, 6.07) is -3.43. The molecule has 0 saturated carbocycles. The van der Waals surface area contributed by atoms with Crippen LogP contribution in [-0.2, 0) is 36.8 Å². The zero-order chi connectivity index (χ0) is 25.1. The molecule has 2 aromatic rings. The third kappa shape index (κ3) is 8.70. The van der Waals surface area contributed by atoms with E-state index in [1.54, 1.807) is 0 Å². The van der Waals surface area contributed by atoms with Crippen LogP contribution in [0.2, 0.25) is 0 Å². The molecule has 34 heavy (non-hydrogen) atoms. The second-order valence-corrected chi connectivity index (χ2v) is 7.41. The van der Waals surface area contributed by atoms with Crippen LogP contribution in [-0.4, -0.2) is 79.3 Å². The van der Waals surface area contributed by atoms with Crippen LogP contribution >= 0.6 is 0 Å². The first-order valence-electron chi connectivity index (χ1n) is 10.2. The maximum Gasteiger partial charge on any atom is 0.322 e. The molecule has 15 nitrogen and oxygen atoms in total. The molecule has 4 amide bonds. The first-order chi connectivity index (χ1) is 16.2. The average molecular weight is 477 g/mol. The Balaban J connectivity index is 2.12. The predicted molar refractivity (Wildman–Crippen MR) is 115 cm³/mol. The molecule has 2 rings (SSSR count). The van der Waals surface area contributed by atoms with E-state index in [0.717, 1.165) is 0 Å². The fourth-order valence-corrected chi connectivity index (χ4v) is 2.94.